The van der Waals surface area contributed by atoms with E-state index in [1.165, 1.54) is 4.57 Å². The molecule has 0 aliphatic rings. The summed E-state index contributed by atoms with van der Waals surface area (Å²) in [5, 5.41) is 0.176. The summed E-state index contributed by atoms with van der Waals surface area (Å²) < 4.78 is 1.34. The van der Waals surface area contributed by atoms with Gasteiger partial charge in [-0.3, -0.25) is 14.2 Å². The monoisotopic (exact) mass is 253 g/mol. The molecule has 0 radical (unpaired) electrons. The van der Waals surface area contributed by atoms with Gasteiger partial charge in [-0.1, -0.05) is 35.1 Å². The zero-order valence-electron chi connectivity index (χ0n) is 8.44. The minimum absolute atomic E-state index is 0.176. The minimum Gasteiger partial charge on any atom is -0.297 e. The number of halogens is 1. The number of benzene rings is 1. The molecule has 0 N–H and O–H groups in total. The maximum absolute atomic E-state index is 11.7. The van der Waals surface area contributed by atoms with Crippen molar-refractivity contribution < 1.29 is 4.79 Å². The van der Waals surface area contributed by atoms with Crippen molar-refractivity contribution in [3.05, 3.63) is 49.5 Å². The fourth-order valence-corrected chi connectivity index (χ4v) is 2.52. The van der Waals surface area contributed by atoms with Crippen LogP contribution < -0.4 is 4.87 Å². The highest BCUT2D eigenvalue weighted by Gasteiger charge is 2.13. The van der Waals surface area contributed by atoms with E-state index in [1.54, 1.807) is 6.07 Å². The van der Waals surface area contributed by atoms with Crippen molar-refractivity contribution in [1.29, 1.82) is 0 Å². The van der Waals surface area contributed by atoms with Crippen LogP contribution in [0.1, 0.15) is 15.2 Å². The largest absolute Gasteiger partial charge is 0.313 e. The third kappa shape index (κ3) is 1.81. The quantitative estimate of drug-likeness (QED) is 0.772. The second-order valence-corrected chi connectivity index (χ2v) is 4.67. The van der Waals surface area contributed by atoms with Gasteiger partial charge in [-0.25, -0.2) is 0 Å². The Kier molecular flexibility index (Phi) is 2.94. The molecule has 0 spiro atoms. The number of carbonyl (C=O) groups excluding carboxylic acids is 1. The lowest BCUT2D eigenvalue weighted by molar-refractivity contribution is 0.112. The Balaban J connectivity index is 2.69. The van der Waals surface area contributed by atoms with Crippen LogP contribution in [-0.4, -0.2) is 10.9 Å². The number of hydrogen-bond donors (Lipinski definition) is 0. The first-order valence-corrected chi connectivity index (χ1v) is 5.76. The van der Waals surface area contributed by atoms with Crippen LogP contribution in [0.5, 0.6) is 0 Å². The van der Waals surface area contributed by atoms with Crippen LogP contribution in [0.25, 0.3) is 5.69 Å². The number of hydrogen-bond acceptors (Lipinski definition) is 3. The zero-order valence-corrected chi connectivity index (χ0v) is 10.0. The summed E-state index contributed by atoms with van der Waals surface area (Å²) in [5.74, 6) is 0. The van der Waals surface area contributed by atoms with Crippen molar-refractivity contribution in [3.8, 4) is 5.69 Å². The summed E-state index contributed by atoms with van der Waals surface area (Å²) >= 11 is 6.81. The minimum atomic E-state index is -0.252. The zero-order chi connectivity index (χ0) is 11.7. The van der Waals surface area contributed by atoms with Gasteiger partial charge >= 0.3 is 4.87 Å². The van der Waals surface area contributed by atoms with Crippen LogP contribution in [0.3, 0.4) is 0 Å². The molecule has 0 fully saturated rings. The Morgan fingerprint density at radius 2 is 2.19 bits per heavy atom. The van der Waals surface area contributed by atoms with Gasteiger partial charge in [-0.2, -0.15) is 0 Å². The van der Waals surface area contributed by atoms with Gasteiger partial charge in [-0.05, 0) is 24.6 Å². The van der Waals surface area contributed by atoms with Gasteiger partial charge < -0.3 is 0 Å². The van der Waals surface area contributed by atoms with E-state index in [9.17, 15) is 9.59 Å². The molecular weight excluding hydrogens is 246 g/mol. The maximum Gasteiger partial charge on any atom is 0.313 e. The van der Waals surface area contributed by atoms with E-state index in [0.29, 0.717) is 12.0 Å². The molecule has 1 aromatic carbocycles. The van der Waals surface area contributed by atoms with Crippen molar-refractivity contribution >= 4 is 29.2 Å². The van der Waals surface area contributed by atoms with Gasteiger partial charge in [0.2, 0.25) is 0 Å². The number of carbonyl (C=O) groups is 1. The molecule has 0 aliphatic heterocycles. The van der Waals surface area contributed by atoms with Crippen LogP contribution in [0.4, 0.5) is 0 Å². The van der Waals surface area contributed by atoms with Crippen LogP contribution >= 0.6 is 22.9 Å². The first-order valence-electron chi connectivity index (χ1n) is 4.57. The number of rotatable bonds is 2. The molecule has 1 aromatic heterocycles. The number of aryl methyl sites for hydroxylation is 1. The molecule has 2 aromatic rings. The Bertz CT molecular complexity index is 600. The van der Waals surface area contributed by atoms with E-state index < -0.39 is 0 Å². The summed E-state index contributed by atoms with van der Waals surface area (Å²) in [6.07, 6.45) is 0.598. The van der Waals surface area contributed by atoms with Crippen molar-refractivity contribution in [2.24, 2.45) is 0 Å². The van der Waals surface area contributed by atoms with E-state index in [-0.39, 0.29) is 14.9 Å². The summed E-state index contributed by atoms with van der Waals surface area (Å²) in [6, 6.07) is 7.39. The Morgan fingerprint density at radius 3 is 2.75 bits per heavy atom. The van der Waals surface area contributed by atoms with Crippen LogP contribution in [0.15, 0.2) is 29.1 Å². The molecule has 0 amide bonds. The molecule has 82 valence electrons. The first kappa shape index (κ1) is 11.1. The normalized spacial score (nSPS) is 10.4. The summed E-state index contributed by atoms with van der Waals surface area (Å²) in [6.45, 7) is 1.93. The van der Waals surface area contributed by atoms with Crippen molar-refractivity contribution in [2.45, 2.75) is 6.92 Å². The standard InChI is InChI=1S/C11H8ClNO2S/c1-7-3-2-4-8(5-7)13-10(12)9(6-14)16-11(13)15/h2-6H,1H3. The number of aromatic nitrogens is 1. The first-order chi connectivity index (χ1) is 7.63. The fraction of sp³-hybridized carbons (Fsp3) is 0.0909. The highest BCUT2D eigenvalue weighted by Crippen LogP contribution is 2.21. The van der Waals surface area contributed by atoms with Gasteiger partial charge in [0.25, 0.3) is 0 Å². The van der Waals surface area contributed by atoms with Crippen LogP contribution in [0, 0.1) is 6.92 Å². The SMILES string of the molecule is Cc1cccc(-n2c(Cl)c(C=O)sc2=O)c1. The summed E-state index contributed by atoms with van der Waals surface area (Å²) in [5.41, 5.74) is 1.71. The van der Waals surface area contributed by atoms with Gasteiger partial charge in [0.1, 0.15) is 10.0 Å². The highest BCUT2D eigenvalue weighted by molar-refractivity contribution is 7.11. The smallest absolute Gasteiger partial charge is 0.297 e. The van der Waals surface area contributed by atoms with E-state index >= 15 is 0 Å². The van der Waals surface area contributed by atoms with E-state index in [1.807, 2.05) is 25.1 Å². The van der Waals surface area contributed by atoms with E-state index in [4.69, 9.17) is 11.6 Å². The molecule has 0 saturated carbocycles. The molecule has 5 heteroatoms. The van der Waals surface area contributed by atoms with Crippen molar-refractivity contribution in [2.75, 3.05) is 0 Å². The van der Waals surface area contributed by atoms with Gasteiger partial charge in [-0.15, -0.1) is 0 Å². The van der Waals surface area contributed by atoms with Crippen molar-refractivity contribution in [3.63, 3.8) is 0 Å². The highest BCUT2D eigenvalue weighted by atomic mass is 35.5. The Morgan fingerprint density at radius 1 is 1.44 bits per heavy atom. The van der Waals surface area contributed by atoms with Gasteiger partial charge in [0.05, 0.1) is 5.69 Å². The van der Waals surface area contributed by atoms with Gasteiger partial charge in [0, 0.05) is 0 Å². The molecular formula is C11H8ClNO2S. The molecule has 2 rings (SSSR count). The lowest BCUT2D eigenvalue weighted by Gasteiger charge is -2.03. The summed E-state index contributed by atoms with van der Waals surface area (Å²) in [7, 11) is 0. The molecule has 0 bridgehead atoms. The third-order valence-corrected chi connectivity index (χ3v) is 3.50. The van der Waals surface area contributed by atoms with Crippen LogP contribution in [-0.2, 0) is 0 Å². The Hall–Kier alpha value is -1.39. The van der Waals surface area contributed by atoms with Crippen LogP contribution in [0.2, 0.25) is 5.15 Å². The molecule has 0 aliphatic carbocycles. The molecule has 1 heterocycles. The Labute approximate surface area is 101 Å². The summed E-state index contributed by atoms with van der Waals surface area (Å²) in [4.78, 5) is 22.3. The maximum atomic E-state index is 11.7. The average Bonchev–Trinajstić information content (AvgIpc) is 2.53. The average molecular weight is 254 g/mol. The van der Waals surface area contributed by atoms with E-state index in [0.717, 1.165) is 16.9 Å². The topological polar surface area (TPSA) is 39.1 Å². The molecule has 16 heavy (non-hydrogen) atoms. The number of thiazole rings is 1. The second-order valence-electron chi connectivity index (χ2n) is 3.32. The number of aldehydes is 1. The second kappa shape index (κ2) is 4.23. The predicted molar refractivity (Wildman–Crippen MR) is 65.1 cm³/mol. The predicted octanol–water partition coefficient (Wildman–Crippen LogP) is 2.67. The van der Waals surface area contributed by atoms with Gasteiger partial charge in [0.15, 0.2) is 6.29 Å². The lowest BCUT2D eigenvalue weighted by atomic mass is 10.2. The lowest BCUT2D eigenvalue weighted by Crippen LogP contribution is -2.10. The fourth-order valence-electron chi connectivity index (χ4n) is 1.43. The number of nitrogens with zero attached hydrogens (tertiary/aromatic N) is 1. The molecule has 0 saturated heterocycles. The third-order valence-electron chi connectivity index (χ3n) is 2.15. The van der Waals surface area contributed by atoms with Crippen molar-refractivity contribution in [1.82, 2.24) is 4.57 Å². The molecule has 3 nitrogen and oxygen atoms in total. The van der Waals surface area contributed by atoms with E-state index in [2.05, 4.69) is 0 Å². The molecule has 0 atom stereocenters. The molecule has 0 unspecified atom stereocenters.